The largest absolute Gasteiger partial charge is 0.293 e. The molecule has 0 saturated heterocycles. The van der Waals surface area contributed by atoms with E-state index >= 15 is 0 Å². The zero-order valence-electron chi connectivity index (χ0n) is 11.8. The first-order chi connectivity index (χ1) is 9.15. The molecule has 100 valence electrons. The summed E-state index contributed by atoms with van der Waals surface area (Å²) < 4.78 is 0. The van der Waals surface area contributed by atoms with Crippen molar-refractivity contribution in [2.45, 2.75) is 33.1 Å². The third kappa shape index (κ3) is 3.16. The van der Waals surface area contributed by atoms with Crippen molar-refractivity contribution in [2.24, 2.45) is 4.99 Å². The molecule has 0 spiro atoms. The van der Waals surface area contributed by atoms with Crippen LogP contribution in [0.3, 0.4) is 0 Å². The Morgan fingerprint density at radius 2 is 1.95 bits per heavy atom. The molecule has 0 radical (unpaired) electrons. The van der Waals surface area contributed by atoms with Gasteiger partial charge in [-0.1, -0.05) is 42.7 Å². The van der Waals surface area contributed by atoms with Crippen LogP contribution in [0.4, 0.5) is 0 Å². The summed E-state index contributed by atoms with van der Waals surface area (Å²) >= 11 is 5.95. The van der Waals surface area contributed by atoms with Gasteiger partial charge in [0.1, 0.15) is 0 Å². The summed E-state index contributed by atoms with van der Waals surface area (Å²) in [5.41, 5.74) is 6.60. The Hall–Kier alpha value is -1.34. The van der Waals surface area contributed by atoms with Gasteiger partial charge < -0.3 is 0 Å². The first-order valence-electron chi connectivity index (χ1n) is 6.78. The number of nitrogens with zero attached hydrogens (tertiary/aromatic N) is 1. The number of rotatable bonds is 4. The van der Waals surface area contributed by atoms with E-state index in [-0.39, 0.29) is 0 Å². The van der Waals surface area contributed by atoms with Gasteiger partial charge in [0.15, 0.2) is 0 Å². The second kappa shape index (κ2) is 6.21. The van der Waals surface area contributed by atoms with Crippen molar-refractivity contribution >= 4 is 22.9 Å². The van der Waals surface area contributed by atoms with Crippen LogP contribution in [0.2, 0.25) is 5.02 Å². The lowest BCUT2D eigenvalue weighted by Gasteiger charge is -2.06. The van der Waals surface area contributed by atoms with Gasteiger partial charge in [-0.15, -0.1) is 0 Å². The highest BCUT2D eigenvalue weighted by Gasteiger charge is 2.18. The number of hydrogen-bond donors (Lipinski definition) is 0. The van der Waals surface area contributed by atoms with Crippen LogP contribution in [-0.2, 0) is 0 Å². The summed E-state index contributed by atoms with van der Waals surface area (Å²) in [5, 5.41) is 0.788. The Kier molecular flexibility index (Phi) is 4.60. The van der Waals surface area contributed by atoms with Crippen LogP contribution in [0.25, 0.3) is 5.57 Å². The van der Waals surface area contributed by atoms with Gasteiger partial charge in [0, 0.05) is 17.8 Å². The topological polar surface area (TPSA) is 12.4 Å². The van der Waals surface area contributed by atoms with Crippen LogP contribution in [-0.4, -0.2) is 12.8 Å². The SMILES string of the molecule is CCCC1=C(C(C)=NC)C=C(c2ccc(Cl)cc2)C1. The fourth-order valence-corrected chi connectivity index (χ4v) is 2.63. The van der Waals surface area contributed by atoms with Gasteiger partial charge in [0.25, 0.3) is 0 Å². The smallest absolute Gasteiger partial charge is 0.0406 e. The van der Waals surface area contributed by atoms with Crippen molar-refractivity contribution in [2.75, 3.05) is 7.05 Å². The molecule has 0 bridgehead atoms. The maximum absolute atomic E-state index is 5.95. The average molecular weight is 274 g/mol. The predicted molar refractivity (Wildman–Crippen MR) is 85.0 cm³/mol. The third-order valence-corrected chi connectivity index (χ3v) is 3.85. The third-order valence-electron chi connectivity index (χ3n) is 3.60. The second-order valence-electron chi connectivity index (χ2n) is 4.93. The molecule has 0 amide bonds. The molecule has 19 heavy (non-hydrogen) atoms. The molecule has 0 heterocycles. The normalized spacial score (nSPS) is 16.0. The van der Waals surface area contributed by atoms with Gasteiger partial charge in [-0.25, -0.2) is 0 Å². The Balaban J connectivity index is 2.31. The fraction of sp³-hybridized carbons (Fsp3) is 0.353. The van der Waals surface area contributed by atoms with E-state index in [1.54, 1.807) is 0 Å². The van der Waals surface area contributed by atoms with Crippen molar-refractivity contribution in [1.82, 2.24) is 0 Å². The van der Waals surface area contributed by atoms with Crippen LogP contribution in [0.1, 0.15) is 38.7 Å². The standard InChI is InChI=1S/C17H20ClN/c1-4-5-14-10-15(11-17(14)12(2)19-3)13-6-8-16(18)9-7-13/h6-9,11H,4-5,10H2,1-3H3. The summed E-state index contributed by atoms with van der Waals surface area (Å²) in [5.74, 6) is 0. The molecule has 2 heteroatoms. The van der Waals surface area contributed by atoms with E-state index in [9.17, 15) is 0 Å². The molecule has 1 nitrogen and oxygen atoms in total. The number of hydrogen-bond acceptors (Lipinski definition) is 1. The van der Waals surface area contributed by atoms with Crippen molar-refractivity contribution in [3.05, 3.63) is 52.1 Å². The summed E-state index contributed by atoms with van der Waals surface area (Å²) in [4.78, 5) is 4.34. The highest BCUT2D eigenvalue weighted by molar-refractivity contribution is 6.30. The average Bonchev–Trinajstić information content (AvgIpc) is 2.83. The van der Waals surface area contributed by atoms with E-state index in [4.69, 9.17) is 11.6 Å². The van der Waals surface area contributed by atoms with Crippen LogP contribution in [0, 0.1) is 0 Å². The maximum atomic E-state index is 5.95. The molecule has 0 aromatic heterocycles. The predicted octanol–water partition coefficient (Wildman–Crippen LogP) is 5.31. The molecule has 1 aromatic carbocycles. The van der Waals surface area contributed by atoms with Crippen LogP contribution in [0.15, 0.2) is 46.5 Å². The van der Waals surface area contributed by atoms with Crippen molar-refractivity contribution in [3.8, 4) is 0 Å². The zero-order valence-corrected chi connectivity index (χ0v) is 12.6. The number of benzene rings is 1. The van der Waals surface area contributed by atoms with E-state index in [0.717, 1.165) is 23.6 Å². The number of allylic oxidation sites excluding steroid dienone is 4. The molecule has 0 aliphatic heterocycles. The second-order valence-corrected chi connectivity index (χ2v) is 5.37. The molecule has 1 aliphatic rings. The van der Waals surface area contributed by atoms with Gasteiger partial charge >= 0.3 is 0 Å². The van der Waals surface area contributed by atoms with Gasteiger partial charge in [0.05, 0.1) is 0 Å². The molecule has 1 aromatic rings. The van der Waals surface area contributed by atoms with Crippen LogP contribution < -0.4 is 0 Å². The van der Waals surface area contributed by atoms with Gasteiger partial charge in [-0.2, -0.15) is 0 Å². The summed E-state index contributed by atoms with van der Waals surface area (Å²) in [6.45, 7) is 4.32. The Labute approximate surface area is 120 Å². The minimum atomic E-state index is 0.788. The van der Waals surface area contributed by atoms with Gasteiger partial charge in [0.2, 0.25) is 0 Å². The lowest BCUT2D eigenvalue weighted by Crippen LogP contribution is -1.96. The van der Waals surface area contributed by atoms with Gasteiger partial charge in [-0.3, -0.25) is 4.99 Å². The molecule has 1 aliphatic carbocycles. The van der Waals surface area contributed by atoms with Crippen molar-refractivity contribution in [1.29, 1.82) is 0 Å². The highest BCUT2D eigenvalue weighted by atomic mass is 35.5. The Bertz CT molecular complexity index is 547. The van der Waals surface area contributed by atoms with Crippen LogP contribution >= 0.6 is 11.6 Å². The van der Waals surface area contributed by atoms with E-state index < -0.39 is 0 Å². The van der Waals surface area contributed by atoms with E-state index in [2.05, 4.69) is 37.0 Å². The Morgan fingerprint density at radius 1 is 1.26 bits per heavy atom. The highest BCUT2D eigenvalue weighted by Crippen LogP contribution is 2.35. The summed E-state index contributed by atoms with van der Waals surface area (Å²) in [6.07, 6.45) is 5.65. The minimum Gasteiger partial charge on any atom is -0.293 e. The Morgan fingerprint density at radius 3 is 2.53 bits per heavy atom. The molecule has 2 rings (SSSR count). The zero-order chi connectivity index (χ0) is 13.8. The number of aliphatic imine (C=N–C) groups is 1. The quantitative estimate of drug-likeness (QED) is 0.659. The van der Waals surface area contributed by atoms with Crippen LogP contribution in [0.5, 0.6) is 0 Å². The molecule has 0 fully saturated rings. The first-order valence-corrected chi connectivity index (χ1v) is 7.15. The molecule has 0 unspecified atom stereocenters. The molecular formula is C17H20ClN. The lowest BCUT2D eigenvalue weighted by molar-refractivity contribution is 0.886. The molecule has 0 N–H and O–H groups in total. The lowest BCUT2D eigenvalue weighted by atomic mass is 10.00. The van der Waals surface area contributed by atoms with Crippen molar-refractivity contribution in [3.63, 3.8) is 0 Å². The molecular weight excluding hydrogens is 254 g/mol. The van der Waals surface area contributed by atoms with Crippen molar-refractivity contribution < 1.29 is 0 Å². The minimum absolute atomic E-state index is 0.788. The molecule has 0 atom stereocenters. The maximum Gasteiger partial charge on any atom is 0.0406 e. The van der Waals surface area contributed by atoms with E-state index in [0.29, 0.717) is 0 Å². The van der Waals surface area contributed by atoms with Gasteiger partial charge in [-0.05, 0) is 54.7 Å². The number of halogens is 1. The first kappa shape index (κ1) is 14.1. The fourth-order valence-electron chi connectivity index (χ4n) is 2.51. The monoisotopic (exact) mass is 273 g/mol. The van der Waals surface area contributed by atoms with E-state index in [1.807, 2.05) is 19.2 Å². The summed E-state index contributed by atoms with van der Waals surface area (Å²) in [7, 11) is 1.86. The van der Waals surface area contributed by atoms with E-state index in [1.165, 1.54) is 28.7 Å². The summed E-state index contributed by atoms with van der Waals surface area (Å²) in [6, 6.07) is 8.10. The molecule has 0 saturated carbocycles.